The minimum absolute atomic E-state index is 0.0918. The number of Topliss-reactive ketones (excluding diaryl/α,β-unsaturated/α-hetero) is 1. The molecule has 1 heterocycles. The maximum atomic E-state index is 13.2. The molecule has 0 unspecified atom stereocenters. The van der Waals surface area contributed by atoms with Gasteiger partial charge in [0.15, 0.2) is 0 Å². The van der Waals surface area contributed by atoms with E-state index < -0.39 is 5.91 Å². The van der Waals surface area contributed by atoms with Crippen LogP contribution < -0.4 is 10.6 Å². The van der Waals surface area contributed by atoms with Crippen molar-refractivity contribution in [3.05, 3.63) is 45.7 Å². The third-order valence-corrected chi connectivity index (χ3v) is 5.51. The van der Waals surface area contributed by atoms with Gasteiger partial charge in [-0.15, -0.1) is 0 Å². The predicted molar refractivity (Wildman–Crippen MR) is 116 cm³/mol. The third kappa shape index (κ3) is 5.08. The van der Waals surface area contributed by atoms with Crippen LogP contribution in [0.25, 0.3) is 0 Å². The van der Waals surface area contributed by atoms with Gasteiger partial charge < -0.3 is 10.6 Å². The number of carbonyl (C=O) groups is 3. The summed E-state index contributed by atoms with van der Waals surface area (Å²) < 4.78 is 1.82. The van der Waals surface area contributed by atoms with Crippen LogP contribution in [-0.4, -0.2) is 33.9 Å². The SMILES string of the molecule is CC(=O)CNC(=O)c1cc(Cl)cc(C)c1NC(=O)c1cc(C)nn1C1CCCCC1. The highest BCUT2D eigenvalue weighted by atomic mass is 35.5. The van der Waals surface area contributed by atoms with Crippen LogP contribution in [-0.2, 0) is 4.79 Å². The number of hydrogen-bond acceptors (Lipinski definition) is 4. The number of hydrogen-bond donors (Lipinski definition) is 2. The molecule has 1 fully saturated rings. The van der Waals surface area contributed by atoms with Gasteiger partial charge in [0.25, 0.3) is 11.8 Å². The van der Waals surface area contributed by atoms with Crippen LogP contribution in [0.2, 0.25) is 5.02 Å². The van der Waals surface area contributed by atoms with Gasteiger partial charge in [-0.05, 0) is 57.4 Å². The maximum absolute atomic E-state index is 13.2. The lowest BCUT2D eigenvalue weighted by atomic mass is 9.95. The van der Waals surface area contributed by atoms with Crippen molar-refractivity contribution in [2.45, 2.75) is 58.9 Å². The number of aromatic nitrogens is 2. The van der Waals surface area contributed by atoms with Crippen molar-refractivity contribution >= 4 is 34.9 Å². The number of ketones is 1. The number of halogens is 1. The molecule has 7 nitrogen and oxygen atoms in total. The first-order valence-corrected chi connectivity index (χ1v) is 10.6. The molecule has 1 saturated carbocycles. The van der Waals surface area contributed by atoms with E-state index in [1.54, 1.807) is 19.1 Å². The molecule has 1 aliphatic carbocycles. The van der Waals surface area contributed by atoms with Crippen molar-refractivity contribution < 1.29 is 14.4 Å². The zero-order chi connectivity index (χ0) is 21.8. The Morgan fingerprint density at radius 3 is 2.47 bits per heavy atom. The van der Waals surface area contributed by atoms with Crippen LogP contribution in [0.4, 0.5) is 5.69 Å². The first-order chi connectivity index (χ1) is 14.3. The van der Waals surface area contributed by atoms with Crippen molar-refractivity contribution in [3.8, 4) is 0 Å². The fourth-order valence-electron chi connectivity index (χ4n) is 3.86. The molecule has 8 heteroatoms. The summed E-state index contributed by atoms with van der Waals surface area (Å²) in [5.74, 6) is -0.963. The molecule has 2 amide bonds. The molecule has 0 saturated heterocycles. The first kappa shape index (κ1) is 22.0. The lowest BCUT2D eigenvalue weighted by Crippen LogP contribution is -2.30. The predicted octanol–water partition coefficient (Wildman–Crippen LogP) is 4.23. The second-order valence-electron chi connectivity index (χ2n) is 7.89. The molecule has 0 spiro atoms. The van der Waals surface area contributed by atoms with E-state index in [2.05, 4.69) is 15.7 Å². The van der Waals surface area contributed by atoms with Crippen molar-refractivity contribution in [3.63, 3.8) is 0 Å². The molecule has 0 aliphatic heterocycles. The minimum Gasteiger partial charge on any atom is -0.345 e. The number of amides is 2. The third-order valence-electron chi connectivity index (χ3n) is 5.29. The van der Waals surface area contributed by atoms with Crippen LogP contribution >= 0.6 is 11.6 Å². The van der Waals surface area contributed by atoms with Gasteiger partial charge in [-0.3, -0.25) is 19.1 Å². The van der Waals surface area contributed by atoms with E-state index in [4.69, 9.17) is 11.6 Å². The standard InChI is InChI=1S/C22H27ClN4O3/c1-13-9-16(23)11-18(21(29)24-12-15(3)28)20(13)25-22(30)19-10-14(2)26-27(19)17-7-5-4-6-8-17/h9-11,17H,4-8,12H2,1-3H3,(H,24,29)(H,25,30). The molecule has 160 valence electrons. The fourth-order valence-corrected chi connectivity index (χ4v) is 4.13. The zero-order valence-electron chi connectivity index (χ0n) is 17.5. The van der Waals surface area contributed by atoms with E-state index in [9.17, 15) is 14.4 Å². The summed E-state index contributed by atoms with van der Waals surface area (Å²) in [6.07, 6.45) is 5.46. The van der Waals surface area contributed by atoms with Crippen molar-refractivity contribution in [1.82, 2.24) is 15.1 Å². The molecule has 2 N–H and O–H groups in total. The van der Waals surface area contributed by atoms with Crippen LogP contribution in [0, 0.1) is 13.8 Å². The van der Waals surface area contributed by atoms with Gasteiger partial charge in [0.2, 0.25) is 0 Å². The highest BCUT2D eigenvalue weighted by Gasteiger charge is 2.24. The van der Waals surface area contributed by atoms with Crippen molar-refractivity contribution in [2.24, 2.45) is 0 Å². The first-order valence-electron chi connectivity index (χ1n) is 10.2. The number of rotatable bonds is 6. The van der Waals surface area contributed by atoms with E-state index in [1.165, 1.54) is 19.4 Å². The molecule has 1 aromatic carbocycles. The van der Waals surface area contributed by atoms with Gasteiger partial charge in [0.05, 0.1) is 29.5 Å². The van der Waals surface area contributed by atoms with Gasteiger partial charge in [-0.25, -0.2) is 0 Å². The number of benzene rings is 1. The summed E-state index contributed by atoms with van der Waals surface area (Å²) in [6, 6.07) is 5.15. The van der Waals surface area contributed by atoms with Crippen LogP contribution in [0.5, 0.6) is 0 Å². The zero-order valence-corrected chi connectivity index (χ0v) is 18.3. The summed E-state index contributed by atoms with van der Waals surface area (Å²) in [5, 5.41) is 10.4. The summed E-state index contributed by atoms with van der Waals surface area (Å²) in [4.78, 5) is 37.0. The summed E-state index contributed by atoms with van der Waals surface area (Å²) in [7, 11) is 0. The van der Waals surface area contributed by atoms with Gasteiger partial charge in [0, 0.05) is 5.02 Å². The molecule has 1 aliphatic rings. The van der Waals surface area contributed by atoms with Crippen molar-refractivity contribution in [1.29, 1.82) is 0 Å². The molecule has 0 bridgehead atoms. The topological polar surface area (TPSA) is 93.1 Å². The Morgan fingerprint density at radius 2 is 1.80 bits per heavy atom. The number of anilines is 1. The summed E-state index contributed by atoms with van der Waals surface area (Å²) >= 11 is 6.14. The average molecular weight is 431 g/mol. The van der Waals surface area contributed by atoms with Gasteiger partial charge in [-0.1, -0.05) is 30.9 Å². The van der Waals surface area contributed by atoms with E-state index in [0.29, 0.717) is 22.0 Å². The monoisotopic (exact) mass is 430 g/mol. The maximum Gasteiger partial charge on any atom is 0.273 e. The second kappa shape index (κ2) is 9.43. The fraction of sp³-hybridized carbons (Fsp3) is 0.455. The van der Waals surface area contributed by atoms with Gasteiger partial charge >= 0.3 is 0 Å². The molecular weight excluding hydrogens is 404 g/mol. The van der Waals surface area contributed by atoms with E-state index >= 15 is 0 Å². The molecule has 1 aromatic heterocycles. The Morgan fingerprint density at radius 1 is 1.10 bits per heavy atom. The van der Waals surface area contributed by atoms with Crippen LogP contribution in [0.1, 0.15) is 77.2 Å². The average Bonchev–Trinajstić information content (AvgIpc) is 3.10. The largest absolute Gasteiger partial charge is 0.345 e. The lowest BCUT2D eigenvalue weighted by molar-refractivity contribution is -0.116. The highest BCUT2D eigenvalue weighted by molar-refractivity contribution is 6.31. The number of carbonyl (C=O) groups excluding carboxylic acids is 3. The Hall–Kier alpha value is -2.67. The Bertz CT molecular complexity index is 977. The van der Waals surface area contributed by atoms with Gasteiger partial charge in [-0.2, -0.15) is 5.10 Å². The molecule has 0 atom stereocenters. The Kier molecular flexibility index (Phi) is 6.92. The van der Waals surface area contributed by atoms with E-state index in [0.717, 1.165) is 31.4 Å². The smallest absolute Gasteiger partial charge is 0.273 e. The summed E-state index contributed by atoms with van der Waals surface area (Å²) in [5.41, 5.74) is 2.50. The quantitative estimate of drug-likeness (QED) is 0.717. The highest BCUT2D eigenvalue weighted by Crippen LogP contribution is 2.30. The normalized spacial score (nSPS) is 14.4. The molecule has 2 aromatic rings. The summed E-state index contributed by atoms with van der Waals surface area (Å²) in [6.45, 7) is 4.93. The van der Waals surface area contributed by atoms with E-state index in [-0.39, 0.29) is 29.8 Å². The molecular formula is C22H27ClN4O3. The second-order valence-corrected chi connectivity index (χ2v) is 8.33. The number of aryl methyl sites for hydroxylation is 2. The number of nitrogens with one attached hydrogen (secondary N) is 2. The Balaban J connectivity index is 1.90. The van der Waals surface area contributed by atoms with Gasteiger partial charge in [0.1, 0.15) is 11.5 Å². The molecule has 3 rings (SSSR count). The van der Waals surface area contributed by atoms with Crippen LogP contribution in [0.15, 0.2) is 18.2 Å². The van der Waals surface area contributed by atoms with E-state index in [1.807, 2.05) is 11.6 Å². The molecule has 0 radical (unpaired) electrons. The van der Waals surface area contributed by atoms with Crippen LogP contribution in [0.3, 0.4) is 0 Å². The lowest BCUT2D eigenvalue weighted by Gasteiger charge is -2.24. The minimum atomic E-state index is -0.469. The number of nitrogens with zero attached hydrogens (tertiary/aromatic N) is 2. The van der Waals surface area contributed by atoms with Crippen molar-refractivity contribution in [2.75, 3.05) is 11.9 Å². The molecule has 30 heavy (non-hydrogen) atoms. The Labute approximate surface area is 181 Å².